The standard InChI is InChI=1S/C22H17F4N3O4/c1-28(2)18-9-3-13(11-19(18)29(31)32)21(30)27-15-6-10-20(17(12-15)22(24,25)26)33-16-7-4-14(23)5-8-16/h3-12H,1-2H3,(H,27,30). The number of rotatable bonds is 6. The maximum absolute atomic E-state index is 13.6. The van der Waals surface area contributed by atoms with Gasteiger partial charge in [0.25, 0.3) is 11.6 Å². The summed E-state index contributed by atoms with van der Waals surface area (Å²) < 4.78 is 59.0. The highest BCUT2D eigenvalue weighted by atomic mass is 19.4. The van der Waals surface area contributed by atoms with Gasteiger partial charge >= 0.3 is 6.18 Å². The molecule has 0 fully saturated rings. The molecule has 172 valence electrons. The molecule has 0 radical (unpaired) electrons. The molecule has 0 saturated heterocycles. The number of nitro benzene ring substituents is 1. The lowest BCUT2D eigenvalue weighted by molar-refractivity contribution is -0.384. The summed E-state index contributed by atoms with van der Waals surface area (Å²) >= 11 is 0. The Labute approximate surface area is 185 Å². The monoisotopic (exact) mass is 463 g/mol. The minimum Gasteiger partial charge on any atom is -0.457 e. The van der Waals surface area contributed by atoms with Crippen molar-refractivity contribution in [3.63, 3.8) is 0 Å². The molecule has 11 heteroatoms. The van der Waals surface area contributed by atoms with Gasteiger partial charge in [0.2, 0.25) is 0 Å². The normalized spacial score (nSPS) is 11.1. The Bertz CT molecular complexity index is 1200. The maximum Gasteiger partial charge on any atom is 0.420 e. The van der Waals surface area contributed by atoms with Crippen LogP contribution in [0.15, 0.2) is 60.7 Å². The topological polar surface area (TPSA) is 84.7 Å². The number of benzene rings is 3. The number of nitrogens with one attached hydrogen (secondary N) is 1. The van der Waals surface area contributed by atoms with Gasteiger partial charge in [-0.1, -0.05) is 0 Å². The predicted molar refractivity (Wildman–Crippen MR) is 113 cm³/mol. The van der Waals surface area contributed by atoms with E-state index in [-0.39, 0.29) is 28.4 Å². The van der Waals surface area contributed by atoms with Crippen LogP contribution in [0.5, 0.6) is 11.5 Å². The lowest BCUT2D eigenvalue weighted by Gasteiger charge is -2.16. The van der Waals surface area contributed by atoms with Gasteiger partial charge in [-0.3, -0.25) is 14.9 Å². The van der Waals surface area contributed by atoms with Crippen LogP contribution in [0.1, 0.15) is 15.9 Å². The largest absolute Gasteiger partial charge is 0.457 e. The van der Waals surface area contributed by atoms with Crippen molar-refractivity contribution in [3.8, 4) is 11.5 Å². The van der Waals surface area contributed by atoms with E-state index in [1.165, 1.54) is 35.2 Å². The van der Waals surface area contributed by atoms with E-state index in [0.717, 1.165) is 24.3 Å². The Hall–Kier alpha value is -4.15. The van der Waals surface area contributed by atoms with E-state index in [0.29, 0.717) is 6.07 Å². The lowest BCUT2D eigenvalue weighted by Crippen LogP contribution is -2.15. The minimum absolute atomic E-state index is 0.00743. The first-order valence-corrected chi connectivity index (χ1v) is 9.37. The summed E-state index contributed by atoms with van der Waals surface area (Å²) in [6.45, 7) is 0. The van der Waals surface area contributed by atoms with E-state index >= 15 is 0 Å². The van der Waals surface area contributed by atoms with Gasteiger partial charge < -0.3 is 15.0 Å². The highest BCUT2D eigenvalue weighted by molar-refractivity contribution is 6.05. The second-order valence-corrected chi connectivity index (χ2v) is 7.07. The predicted octanol–water partition coefficient (Wildman–Crippen LogP) is 5.86. The van der Waals surface area contributed by atoms with Gasteiger partial charge in [-0.25, -0.2) is 4.39 Å². The average Bonchev–Trinajstić information content (AvgIpc) is 2.75. The van der Waals surface area contributed by atoms with Gasteiger partial charge in [-0.2, -0.15) is 13.2 Å². The average molecular weight is 463 g/mol. The van der Waals surface area contributed by atoms with Crippen LogP contribution in [0.4, 0.5) is 34.6 Å². The summed E-state index contributed by atoms with van der Waals surface area (Å²) in [6.07, 6.45) is -4.82. The van der Waals surface area contributed by atoms with Crippen LogP contribution in [0, 0.1) is 15.9 Å². The van der Waals surface area contributed by atoms with Crippen molar-refractivity contribution in [1.82, 2.24) is 0 Å². The molecule has 3 rings (SSSR count). The molecule has 1 N–H and O–H groups in total. The van der Waals surface area contributed by atoms with Gasteiger partial charge in [0.1, 0.15) is 28.6 Å². The number of hydrogen-bond donors (Lipinski definition) is 1. The Kier molecular flexibility index (Phi) is 6.52. The number of ether oxygens (including phenoxy) is 1. The third-order valence-corrected chi connectivity index (χ3v) is 4.50. The number of amides is 1. The van der Waals surface area contributed by atoms with Gasteiger partial charge in [0, 0.05) is 31.4 Å². The second kappa shape index (κ2) is 9.15. The van der Waals surface area contributed by atoms with Gasteiger partial charge in [0.15, 0.2) is 0 Å². The third-order valence-electron chi connectivity index (χ3n) is 4.50. The molecule has 0 saturated carbocycles. The van der Waals surface area contributed by atoms with E-state index in [1.807, 2.05) is 0 Å². The highest BCUT2D eigenvalue weighted by Crippen LogP contribution is 2.40. The third kappa shape index (κ3) is 5.56. The van der Waals surface area contributed by atoms with Gasteiger partial charge in [-0.15, -0.1) is 0 Å². The van der Waals surface area contributed by atoms with Crippen LogP contribution in [0.25, 0.3) is 0 Å². The van der Waals surface area contributed by atoms with E-state index < -0.39 is 34.1 Å². The SMILES string of the molecule is CN(C)c1ccc(C(=O)Nc2ccc(Oc3ccc(F)cc3)c(C(F)(F)F)c2)cc1[N+](=O)[O-]. The molecule has 0 heterocycles. The Balaban J connectivity index is 1.89. The molecule has 0 bridgehead atoms. The van der Waals surface area contributed by atoms with Crippen LogP contribution in [-0.2, 0) is 6.18 Å². The smallest absolute Gasteiger partial charge is 0.420 e. The quantitative estimate of drug-likeness (QED) is 0.281. The zero-order chi connectivity index (χ0) is 24.3. The zero-order valence-corrected chi connectivity index (χ0v) is 17.3. The van der Waals surface area contributed by atoms with Crippen molar-refractivity contribution >= 4 is 23.0 Å². The van der Waals surface area contributed by atoms with Crippen LogP contribution in [0.2, 0.25) is 0 Å². The molecule has 0 aliphatic carbocycles. The van der Waals surface area contributed by atoms with E-state index in [1.54, 1.807) is 14.1 Å². The molecule has 1 amide bonds. The van der Waals surface area contributed by atoms with Crippen molar-refractivity contribution in [1.29, 1.82) is 0 Å². The summed E-state index contributed by atoms with van der Waals surface area (Å²) in [7, 11) is 3.19. The van der Waals surface area contributed by atoms with Crippen molar-refractivity contribution < 1.29 is 32.0 Å². The van der Waals surface area contributed by atoms with E-state index in [4.69, 9.17) is 4.74 Å². The number of halogens is 4. The lowest BCUT2D eigenvalue weighted by atomic mass is 10.1. The first-order valence-electron chi connectivity index (χ1n) is 9.37. The number of anilines is 2. The first-order chi connectivity index (χ1) is 15.5. The number of hydrogen-bond acceptors (Lipinski definition) is 5. The minimum atomic E-state index is -4.82. The van der Waals surface area contributed by atoms with Crippen LogP contribution in [0.3, 0.4) is 0 Å². The molecular weight excluding hydrogens is 446 g/mol. The number of nitro groups is 1. The fourth-order valence-electron chi connectivity index (χ4n) is 2.94. The van der Waals surface area contributed by atoms with Crippen LogP contribution >= 0.6 is 0 Å². The second-order valence-electron chi connectivity index (χ2n) is 7.07. The molecule has 7 nitrogen and oxygen atoms in total. The van der Waals surface area contributed by atoms with Gasteiger partial charge in [-0.05, 0) is 54.6 Å². The fourth-order valence-corrected chi connectivity index (χ4v) is 2.94. The Morgan fingerprint density at radius 2 is 1.70 bits per heavy atom. The molecule has 3 aromatic carbocycles. The molecular formula is C22H17F4N3O4. The zero-order valence-electron chi connectivity index (χ0n) is 17.3. The Morgan fingerprint density at radius 1 is 1.03 bits per heavy atom. The Morgan fingerprint density at radius 3 is 2.27 bits per heavy atom. The molecule has 0 atom stereocenters. The summed E-state index contributed by atoms with van der Waals surface area (Å²) in [5.74, 6) is -1.95. The van der Waals surface area contributed by atoms with E-state index in [9.17, 15) is 32.5 Å². The van der Waals surface area contributed by atoms with Crippen molar-refractivity contribution in [2.75, 3.05) is 24.3 Å². The fraction of sp³-hybridized carbons (Fsp3) is 0.136. The molecule has 3 aromatic rings. The number of carbonyl (C=O) groups excluding carboxylic acids is 1. The molecule has 33 heavy (non-hydrogen) atoms. The van der Waals surface area contributed by atoms with Gasteiger partial charge in [0.05, 0.1) is 4.92 Å². The summed E-state index contributed by atoms with van der Waals surface area (Å²) in [5, 5.41) is 13.6. The maximum atomic E-state index is 13.6. The van der Waals surface area contributed by atoms with Crippen molar-refractivity contribution in [3.05, 3.63) is 87.7 Å². The van der Waals surface area contributed by atoms with Crippen molar-refractivity contribution in [2.45, 2.75) is 6.18 Å². The van der Waals surface area contributed by atoms with Crippen molar-refractivity contribution in [2.24, 2.45) is 0 Å². The summed E-state index contributed by atoms with van der Waals surface area (Å²) in [4.78, 5) is 24.7. The number of carbonyl (C=O) groups is 1. The van der Waals surface area contributed by atoms with Crippen LogP contribution < -0.4 is 15.0 Å². The van der Waals surface area contributed by atoms with E-state index in [2.05, 4.69) is 5.32 Å². The molecule has 0 aliphatic rings. The molecule has 0 aromatic heterocycles. The molecule has 0 aliphatic heterocycles. The number of nitrogens with zero attached hydrogens (tertiary/aromatic N) is 2. The highest BCUT2D eigenvalue weighted by Gasteiger charge is 2.35. The molecule has 0 spiro atoms. The molecule has 0 unspecified atom stereocenters. The summed E-state index contributed by atoms with van der Waals surface area (Å²) in [5.41, 5.74) is -1.53. The number of alkyl halides is 3. The van der Waals surface area contributed by atoms with Crippen LogP contribution in [-0.4, -0.2) is 24.9 Å². The first kappa shape index (κ1) is 23.5. The summed E-state index contributed by atoms with van der Waals surface area (Å²) in [6, 6.07) is 11.1.